The Morgan fingerprint density at radius 1 is 1.46 bits per heavy atom. The van der Waals surface area contributed by atoms with Gasteiger partial charge >= 0.3 is 0 Å². The van der Waals surface area contributed by atoms with E-state index in [2.05, 4.69) is 25.9 Å². The maximum atomic E-state index is 5.59. The minimum absolute atomic E-state index is 0.670. The molecule has 2 nitrogen and oxygen atoms in total. The highest BCUT2D eigenvalue weighted by molar-refractivity contribution is 5.01. The third-order valence-corrected chi connectivity index (χ3v) is 3.63. The van der Waals surface area contributed by atoms with Crippen LogP contribution in [0.15, 0.2) is 0 Å². The third kappa shape index (κ3) is 2.68. The van der Waals surface area contributed by atoms with E-state index in [0.717, 1.165) is 12.5 Å². The summed E-state index contributed by atoms with van der Waals surface area (Å²) in [7, 11) is 4.31. The summed E-state index contributed by atoms with van der Waals surface area (Å²) in [6, 6.07) is 0. The normalized spacial score (nSPS) is 32.5. The molecule has 2 unspecified atom stereocenters. The Labute approximate surface area is 82.5 Å². The van der Waals surface area contributed by atoms with Gasteiger partial charge in [-0.25, -0.2) is 0 Å². The fraction of sp³-hybridized carbons (Fsp3) is 1.00. The van der Waals surface area contributed by atoms with Crippen LogP contribution in [0.3, 0.4) is 0 Å². The highest BCUT2D eigenvalue weighted by Crippen LogP contribution is 2.59. The van der Waals surface area contributed by atoms with Gasteiger partial charge in [0.1, 0.15) is 0 Å². The van der Waals surface area contributed by atoms with E-state index in [4.69, 9.17) is 5.73 Å². The van der Waals surface area contributed by atoms with Crippen LogP contribution in [0, 0.1) is 11.3 Å². The Morgan fingerprint density at radius 3 is 2.62 bits per heavy atom. The van der Waals surface area contributed by atoms with Crippen molar-refractivity contribution in [3.63, 3.8) is 0 Å². The van der Waals surface area contributed by atoms with Gasteiger partial charge in [-0.1, -0.05) is 13.3 Å². The second kappa shape index (κ2) is 4.43. The first-order valence-electron chi connectivity index (χ1n) is 5.49. The summed E-state index contributed by atoms with van der Waals surface area (Å²) in [5.74, 6) is 0.933. The lowest BCUT2D eigenvalue weighted by molar-refractivity contribution is 0.311. The fourth-order valence-electron chi connectivity index (χ4n) is 2.40. The Kier molecular flexibility index (Phi) is 3.74. The zero-order valence-corrected chi connectivity index (χ0v) is 9.34. The lowest BCUT2D eigenvalue weighted by Crippen LogP contribution is -2.18. The van der Waals surface area contributed by atoms with Crippen molar-refractivity contribution in [2.45, 2.75) is 32.6 Å². The Balaban J connectivity index is 2.28. The summed E-state index contributed by atoms with van der Waals surface area (Å²) in [4.78, 5) is 2.29. The Bertz CT molecular complexity index is 156. The van der Waals surface area contributed by atoms with E-state index in [1.165, 1.54) is 32.2 Å². The summed E-state index contributed by atoms with van der Waals surface area (Å²) in [5, 5.41) is 0. The molecule has 0 bridgehead atoms. The van der Waals surface area contributed by atoms with Gasteiger partial charge in [0.05, 0.1) is 0 Å². The molecule has 78 valence electrons. The van der Waals surface area contributed by atoms with Gasteiger partial charge in [0, 0.05) is 0 Å². The van der Waals surface area contributed by atoms with Crippen LogP contribution in [0.4, 0.5) is 0 Å². The zero-order valence-electron chi connectivity index (χ0n) is 9.34. The first-order chi connectivity index (χ1) is 6.14. The van der Waals surface area contributed by atoms with Crippen LogP contribution in [0.25, 0.3) is 0 Å². The van der Waals surface area contributed by atoms with Gasteiger partial charge in [-0.2, -0.15) is 0 Å². The predicted octanol–water partition coefficient (Wildman–Crippen LogP) is 1.70. The van der Waals surface area contributed by atoms with E-state index in [-0.39, 0.29) is 0 Å². The monoisotopic (exact) mass is 184 g/mol. The quantitative estimate of drug-likeness (QED) is 0.681. The van der Waals surface area contributed by atoms with Crippen LogP contribution < -0.4 is 5.73 Å². The lowest BCUT2D eigenvalue weighted by Gasteiger charge is -2.18. The van der Waals surface area contributed by atoms with Crippen molar-refractivity contribution in [1.82, 2.24) is 4.90 Å². The molecule has 0 aromatic rings. The molecule has 1 saturated carbocycles. The molecule has 0 amide bonds. The van der Waals surface area contributed by atoms with E-state index in [1.54, 1.807) is 0 Å². The van der Waals surface area contributed by atoms with Gasteiger partial charge < -0.3 is 10.6 Å². The Morgan fingerprint density at radius 2 is 2.15 bits per heavy atom. The molecule has 0 radical (unpaired) electrons. The minimum Gasteiger partial charge on any atom is -0.330 e. The minimum atomic E-state index is 0.670. The van der Waals surface area contributed by atoms with Gasteiger partial charge in [0.15, 0.2) is 0 Å². The average molecular weight is 184 g/mol. The van der Waals surface area contributed by atoms with Gasteiger partial charge in [0.2, 0.25) is 0 Å². The lowest BCUT2D eigenvalue weighted by atomic mass is 9.94. The maximum Gasteiger partial charge on any atom is -0.00194 e. The zero-order chi connectivity index (χ0) is 9.90. The first kappa shape index (κ1) is 11.0. The molecule has 2 N–H and O–H groups in total. The van der Waals surface area contributed by atoms with Crippen LogP contribution in [0.5, 0.6) is 0 Å². The molecule has 1 aliphatic rings. The van der Waals surface area contributed by atoms with Crippen LogP contribution >= 0.6 is 0 Å². The van der Waals surface area contributed by atoms with Crippen molar-refractivity contribution in [3.05, 3.63) is 0 Å². The molecule has 0 aromatic heterocycles. The second-order valence-corrected chi connectivity index (χ2v) is 4.75. The predicted molar refractivity (Wildman–Crippen MR) is 57.7 cm³/mol. The molecule has 13 heavy (non-hydrogen) atoms. The van der Waals surface area contributed by atoms with Crippen LogP contribution in [-0.2, 0) is 0 Å². The topological polar surface area (TPSA) is 29.3 Å². The summed E-state index contributed by atoms with van der Waals surface area (Å²) >= 11 is 0. The van der Waals surface area contributed by atoms with E-state index >= 15 is 0 Å². The Hall–Kier alpha value is -0.0800. The van der Waals surface area contributed by atoms with Crippen molar-refractivity contribution in [2.75, 3.05) is 27.2 Å². The van der Waals surface area contributed by atoms with E-state index in [1.807, 2.05) is 0 Å². The average Bonchev–Trinajstić information content (AvgIpc) is 2.77. The molecular formula is C11H24N2. The standard InChI is InChI=1S/C11H24N2/c1-4-11(6-8-13(2)3)9-10(11)5-7-12/h10H,4-9,12H2,1-3H3. The van der Waals surface area contributed by atoms with Crippen molar-refractivity contribution < 1.29 is 0 Å². The smallest absolute Gasteiger partial charge is 0.00194 e. The highest BCUT2D eigenvalue weighted by Gasteiger charge is 2.50. The molecule has 1 rings (SSSR count). The van der Waals surface area contributed by atoms with Gasteiger partial charge in [-0.05, 0) is 57.8 Å². The van der Waals surface area contributed by atoms with E-state index in [0.29, 0.717) is 5.41 Å². The molecule has 2 heteroatoms. The molecule has 0 saturated heterocycles. The molecule has 0 heterocycles. The molecule has 2 atom stereocenters. The summed E-state index contributed by atoms with van der Waals surface area (Å²) in [6.07, 6.45) is 5.36. The van der Waals surface area contributed by atoms with Gasteiger partial charge in [-0.15, -0.1) is 0 Å². The molecular weight excluding hydrogens is 160 g/mol. The summed E-state index contributed by atoms with van der Waals surface area (Å²) in [5.41, 5.74) is 6.26. The maximum absolute atomic E-state index is 5.59. The van der Waals surface area contributed by atoms with Crippen LogP contribution in [0.1, 0.15) is 32.6 Å². The molecule has 0 spiro atoms. The fourth-order valence-corrected chi connectivity index (χ4v) is 2.40. The third-order valence-electron chi connectivity index (χ3n) is 3.63. The summed E-state index contributed by atoms with van der Waals surface area (Å²) in [6.45, 7) is 4.43. The van der Waals surface area contributed by atoms with Crippen molar-refractivity contribution in [2.24, 2.45) is 17.1 Å². The molecule has 0 aliphatic heterocycles. The van der Waals surface area contributed by atoms with Crippen molar-refractivity contribution in [3.8, 4) is 0 Å². The molecule has 0 aromatic carbocycles. The van der Waals surface area contributed by atoms with Crippen LogP contribution in [0.2, 0.25) is 0 Å². The number of rotatable bonds is 6. The number of hydrogen-bond acceptors (Lipinski definition) is 2. The van der Waals surface area contributed by atoms with Gasteiger partial charge in [0.25, 0.3) is 0 Å². The first-order valence-corrected chi connectivity index (χ1v) is 5.49. The molecule has 1 fully saturated rings. The highest BCUT2D eigenvalue weighted by atomic mass is 15.0. The van der Waals surface area contributed by atoms with Crippen molar-refractivity contribution >= 4 is 0 Å². The second-order valence-electron chi connectivity index (χ2n) is 4.75. The van der Waals surface area contributed by atoms with Crippen LogP contribution in [-0.4, -0.2) is 32.1 Å². The van der Waals surface area contributed by atoms with Crippen molar-refractivity contribution in [1.29, 1.82) is 0 Å². The number of nitrogens with two attached hydrogens (primary N) is 1. The van der Waals surface area contributed by atoms with E-state index < -0.39 is 0 Å². The largest absolute Gasteiger partial charge is 0.330 e. The SMILES string of the molecule is CCC1(CCN(C)C)CC1CCN. The molecule has 1 aliphatic carbocycles. The van der Waals surface area contributed by atoms with Gasteiger partial charge in [-0.3, -0.25) is 0 Å². The number of hydrogen-bond donors (Lipinski definition) is 1. The summed E-state index contributed by atoms with van der Waals surface area (Å²) < 4.78 is 0. The van der Waals surface area contributed by atoms with E-state index in [9.17, 15) is 0 Å². The number of nitrogens with zero attached hydrogens (tertiary/aromatic N) is 1.